The fourth-order valence-corrected chi connectivity index (χ4v) is 2.34. The van der Waals surface area contributed by atoms with E-state index in [1.54, 1.807) is 42.5 Å². The Morgan fingerprint density at radius 3 is 2.68 bits per heavy atom. The van der Waals surface area contributed by atoms with Crippen molar-refractivity contribution in [2.24, 2.45) is 5.10 Å². The van der Waals surface area contributed by atoms with E-state index in [4.69, 9.17) is 9.47 Å². The third-order valence-corrected chi connectivity index (χ3v) is 3.84. The molecule has 8 heteroatoms. The molecule has 1 heterocycles. The second kappa shape index (κ2) is 7.80. The van der Waals surface area contributed by atoms with Crippen LogP contribution in [0.4, 0.5) is 0 Å². The lowest BCUT2D eigenvalue weighted by molar-refractivity contribution is -0.120. The molecule has 2 aromatic rings. The van der Waals surface area contributed by atoms with Crippen LogP contribution in [-0.2, 0) is 4.79 Å². The predicted octanol–water partition coefficient (Wildman–Crippen LogP) is 2.06. The van der Waals surface area contributed by atoms with Gasteiger partial charge in [-0.3, -0.25) is 9.59 Å². The van der Waals surface area contributed by atoms with Gasteiger partial charge in [0.25, 0.3) is 11.8 Å². The van der Waals surface area contributed by atoms with E-state index in [-0.39, 0.29) is 19.2 Å². The van der Waals surface area contributed by atoms with Crippen molar-refractivity contribution in [1.82, 2.24) is 10.7 Å². The molecule has 2 aromatic carbocycles. The first kappa shape index (κ1) is 17.0. The van der Waals surface area contributed by atoms with E-state index in [0.29, 0.717) is 17.1 Å². The lowest BCUT2D eigenvalue weighted by Crippen LogP contribution is -2.34. The van der Waals surface area contributed by atoms with Crippen LogP contribution in [0.1, 0.15) is 15.9 Å². The van der Waals surface area contributed by atoms with E-state index < -0.39 is 5.91 Å². The monoisotopic (exact) mass is 403 g/mol. The van der Waals surface area contributed by atoms with Crippen LogP contribution in [0.5, 0.6) is 11.5 Å². The first-order valence-electron chi connectivity index (χ1n) is 7.37. The van der Waals surface area contributed by atoms with Gasteiger partial charge in [0.1, 0.15) is 0 Å². The lowest BCUT2D eigenvalue weighted by Gasteiger charge is -2.04. The summed E-state index contributed by atoms with van der Waals surface area (Å²) < 4.78 is 11.3. The number of benzene rings is 2. The Hall–Kier alpha value is -2.87. The normalized spacial score (nSPS) is 12.2. The molecule has 0 unspecified atom stereocenters. The average Bonchev–Trinajstić information content (AvgIpc) is 3.08. The van der Waals surface area contributed by atoms with Crippen LogP contribution < -0.4 is 20.2 Å². The van der Waals surface area contributed by atoms with Gasteiger partial charge in [-0.2, -0.15) is 5.10 Å². The number of carbonyl (C=O) groups is 2. The highest BCUT2D eigenvalue weighted by Gasteiger charge is 2.12. The van der Waals surface area contributed by atoms with Gasteiger partial charge in [0.2, 0.25) is 6.79 Å². The van der Waals surface area contributed by atoms with E-state index in [2.05, 4.69) is 31.8 Å². The number of ether oxygens (including phenoxy) is 2. The molecule has 0 fully saturated rings. The maximum atomic E-state index is 11.9. The number of hydrogen-bond acceptors (Lipinski definition) is 5. The zero-order valence-electron chi connectivity index (χ0n) is 13.0. The van der Waals surface area contributed by atoms with Crippen molar-refractivity contribution in [3.05, 3.63) is 58.1 Å². The molecule has 0 spiro atoms. The SMILES string of the molecule is O=C(CNC(=O)c1ccc(Br)cc1)N/N=C/c1ccc2c(c1)OCO2. The van der Waals surface area contributed by atoms with E-state index in [1.807, 2.05) is 0 Å². The first-order valence-corrected chi connectivity index (χ1v) is 8.16. The molecular weight excluding hydrogens is 390 g/mol. The number of halogens is 1. The number of nitrogens with one attached hydrogen (secondary N) is 2. The molecule has 0 aliphatic carbocycles. The fraction of sp³-hybridized carbons (Fsp3) is 0.118. The zero-order valence-corrected chi connectivity index (χ0v) is 14.6. The number of amides is 2. The molecule has 3 rings (SSSR count). The van der Waals surface area contributed by atoms with E-state index in [9.17, 15) is 9.59 Å². The van der Waals surface area contributed by atoms with Crippen LogP contribution in [0.25, 0.3) is 0 Å². The number of carbonyl (C=O) groups excluding carboxylic acids is 2. The van der Waals surface area contributed by atoms with Gasteiger partial charge in [0.05, 0.1) is 12.8 Å². The minimum Gasteiger partial charge on any atom is -0.454 e. The summed E-state index contributed by atoms with van der Waals surface area (Å²) >= 11 is 3.29. The molecule has 0 aromatic heterocycles. The molecule has 2 amide bonds. The van der Waals surface area contributed by atoms with Gasteiger partial charge in [0.15, 0.2) is 11.5 Å². The van der Waals surface area contributed by atoms with Crippen molar-refractivity contribution in [1.29, 1.82) is 0 Å². The van der Waals surface area contributed by atoms with Gasteiger partial charge in [-0.15, -0.1) is 0 Å². The minimum atomic E-state index is -0.428. The Balaban J connectivity index is 1.46. The average molecular weight is 404 g/mol. The van der Waals surface area contributed by atoms with E-state index in [0.717, 1.165) is 10.0 Å². The van der Waals surface area contributed by atoms with Crippen molar-refractivity contribution in [2.75, 3.05) is 13.3 Å². The molecule has 0 saturated heterocycles. The fourth-order valence-electron chi connectivity index (χ4n) is 2.08. The van der Waals surface area contributed by atoms with Gasteiger partial charge < -0.3 is 14.8 Å². The van der Waals surface area contributed by atoms with Gasteiger partial charge in [-0.25, -0.2) is 5.43 Å². The second-order valence-corrected chi connectivity index (χ2v) is 6.01. The van der Waals surface area contributed by atoms with Crippen LogP contribution >= 0.6 is 15.9 Å². The van der Waals surface area contributed by atoms with Crippen LogP contribution in [0.3, 0.4) is 0 Å². The zero-order chi connectivity index (χ0) is 17.6. The number of fused-ring (bicyclic) bond motifs is 1. The Labute approximate surface area is 152 Å². The Bertz CT molecular complexity index is 821. The highest BCUT2D eigenvalue weighted by Crippen LogP contribution is 2.31. The van der Waals surface area contributed by atoms with Crippen LogP contribution in [0, 0.1) is 0 Å². The number of hydrazone groups is 1. The molecule has 0 bridgehead atoms. The summed E-state index contributed by atoms with van der Waals surface area (Å²) in [6.07, 6.45) is 1.48. The van der Waals surface area contributed by atoms with Crippen molar-refractivity contribution < 1.29 is 19.1 Å². The van der Waals surface area contributed by atoms with Crippen LogP contribution in [0.15, 0.2) is 52.0 Å². The lowest BCUT2D eigenvalue weighted by atomic mass is 10.2. The maximum absolute atomic E-state index is 11.9. The van der Waals surface area contributed by atoms with Crippen LogP contribution in [-0.4, -0.2) is 31.4 Å². The summed E-state index contributed by atoms with van der Waals surface area (Å²) in [5.41, 5.74) is 3.58. The summed E-state index contributed by atoms with van der Waals surface area (Å²) in [6.45, 7) is 0.0259. The minimum absolute atomic E-state index is 0.173. The topological polar surface area (TPSA) is 89.0 Å². The number of nitrogens with zero attached hydrogens (tertiary/aromatic N) is 1. The Kier molecular flexibility index (Phi) is 5.30. The molecule has 2 N–H and O–H groups in total. The standard InChI is InChI=1S/C17H14BrN3O4/c18-13-4-2-12(3-5-13)17(23)19-9-16(22)21-20-8-11-1-6-14-15(7-11)25-10-24-14/h1-8H,9-10H2,(H,19,23)(H,21,22)/b20-8+. The molecular formula is C17H14BrN3O4. The third-order valence-electron chi connectivity index (χ3n) is 3.32. The van der Waals surface area contributed by atoms with Crippen molar-refractivity contribution >= 4 is 34.0 Å². The quantitative estimate of drug-likeness (QED) is 0.590. The van der Waals surface area contributed by atoms with Crippen molar-refractivity contribution in [3.8, 4) is 11.5 Å². The molecule has 1 aliphatic heterocycles. The van der Waals surface area contributed by atoms with E-state index in [1.165, 1.54) is 6.21 Å². The predicted molar refractivity (Wildman–Crippen MR) is 94.8 cm³/mol. The largest absolute Gasteiger partial charge is 0.454 e. The maximum Gasteiger partial charge on any atom is 0.259 e. The molecule has 0 radical (unpaired) electrons. The molecule has 0 saturated carbocycles. The Morgan fingerprint density at radius 1 is 1.12 bits per heavy atom. The van der Waals surface area contributed by atoms with E-state index >= 15 is 0 Å². The molecule has 25 heavy (non-hydrogen) atoms. The highest BCUT2D eigenvalue weighted by atomic mass is 79.9. The number of hydrogen-bond donors (Lipinski definition) is 2. The van der Waals surface area contributed by atoms with Gasteiger partial charge in [-0.1, -0.05) is 15.9 Å². The summed E-state index contributed by atoms with van der Waals surface area (Å²) in [6, 6.07) is 12.1. The summed E-state index contributed by atoms with van der Waals surface area (Å²) in [5, 5.41) is 6.38. The molecule has 128 valence electrons. The second-order valence-electron chi connectivity index (χ2n) is 5.10. The first-order chi connectivity index (χ1) is 12.1. The smallest absolute Gasteiger partial charge is 0.259 e. The number of rotatable bonds is 5. The third kappa shape index (κ3) is 4.57. The van der Waals surface area contributed by atoms with Crippen molar-refractivity contribution in [3.63, 3.8) is 0 Å². The highest BCUT2D eigenvalue weighted by molar-refractivity contribution is 9.10. The summed E-state index contributed by atoms with van der Waals surface area (Å²) in [4.78, 5) is 23.6. The van der Waals surface area contributed by atoms with Crippen molar-refractivity contribution in [2.45, 2.75) is 0 Å². The molecule has 1 aliphatic rings. The van der Waals surface area contributed by atoms with Crippen LogP contribution in [0.2, 0.25) is 0 Å². The Morgan fingerprint density at radius 2 is 1.88 bits per heavy atom. The van der Waals surface area contributed by atoms with Gasteiger partial charge in [0, 0.05) is 10.0 Å². The molecule has 7 nitrogen and oxygen atoms in total. The van der Waals surface area contributed by atoms with Gasteiger partial charge in [-0.05, 0) is 48.0 Å². The summed E-state index contributed by atoms with van der Waals surface area (Å²) in [7, 11) is 0. The molecule has 0 atom stereocenters. The summed E-state index contributed by atoms with van der Waals surface area (Å²) in [5.74, 6) is 0.554. The van der Waals surface area contributed by atoms with Gasteiger partial charge >= 0.3 is 0 Å².